The van der Waals surface area contributed by atoms with Crippen molar-refractivity contribution in [3.8, 4) is 0 Å². The van der Waals surface area contributed by atoms with E-state index in [9.17, 15) is 4.79 Å². The van der Waals surface area contributed by atoms with Gasteiger partial charge in [-0.3, -0.25) is 4.79 Å². The third-order valence-electron chi connectivity index (χ3n) is 3.62. The van der Waals surface area contributed by atoms with Crippen molar-refractivity contribution >= 4 is 23.6 Å². The van der Waals surface area contributed by atoms with Crippen LogP contribution < -0.4 is 4.90 Å². The van der Waals surface area contributed by atoms with E-state index in [-0.39, 0.29) is 5.92 Å². The van der Waals surface area contributed by atoms with Crippen LogP contribution in [0.3, 0.4) is 0 Å². The highest BCUT2D eigenvalue weighted by Crippen LogP contribution is 2.23. The van der Waals surface area contributed by atoms with Gasteiger partial charge in [0.2, 0.25) is 11.9 Å². The highest BCUT2D eigenvalue weighted by atomic mass is 32.2. The average Bonchev–Trinajstić information content (AvgIpc) is 2.38. The van der Waals surface area contributed by atoms with Crippen LogP contribution in [0.1, 0.15) is 5.69 Å². The van der Waals surface area contributed by atoms with Crippen LogP contribution in [0.4, 0.5) is 5.95 Å². The number of anilines is 1. The number of aromatic nitrogens is 2. The van der Waals surface area contributed by atoms with Gasteiger partial charge in [-0.25, -0.2) is 9.97 Å². The maximum absolute atomic E-state index is 12.3. The van der Waals surface area contributed by atoms with E-state index in [2.05, 4.69) is 14.9 Å². The zero-order chi connectivity index (χ0) is 13.2. The first kappa shape index (κ1) is 12.7. The molecule has 0 spiro atoms. The van der Waals surface area contributed by atoms with Gasteiger partial charge < -0.3 is 9.80 Å². The van der Waals surface area contributed by atoms with E-state index in [0.29, 0.717) is 5.91 Å². The Morgan fingerprint density at radius 3 is 2.79 bits per heavy atom. The Kier molecular flexibility index (Phi) is 3.59. The standard InChI is InChI=1S/C13H18N4OS/c1-10-2-3-14-13(15-10)17-8-11(9-17)12(18)16-4-6-19-7-5-16/h2-3,11H,4-9H2,1H3. The molecule has 0 atom stereocenters. The Morgan fingerprint density at radius 1 is 1.37 bits per heavy atom. The van der Waals surface area contributed by atoms with E-state index >= 15 is 0 Å². The second-order valence-corrected chi connectivity index (χ2v) is 6.26. The maximum atomic E-state index is 12.3. The lowest BCUT2D eigenvalue weighted by Crippen LogP contribution is -2.56. The van der Waals surface area contributed by atoms with Crippen molar-refractivity contribution in [2.24, 2.45) is 5.92 Å². The molecule has 0 saturated carbocycles. The van der Waals surface area contributed by atoms with Gasteiger partial charge >= 0.3 is 0 Å². The number of rotatable bonds is 2. The molecule has 0 bridgehead atoms. The van der Waals surface area contributed by atoms with Crippen LogP contribution in [-0.4, -0.2) is 58.5 Å². The molecule has 102 valence electrons. The molecule has 5 nitrogen and oxygen atoms in total. The van der Waals surface area contributed by atoms with Gasteiger partial charge in [0.25, 0.3) is 0 Å². The first-order chi connectivity index (χ1) is 9.24. The molecule has 19 heavy (non-hydrogen) atoms. The van der Waals surface area contributed by atoms with Crippen molar-refractivity contribution < 1.29 is 4.79 Å². The molecule has 0 aliphatic carbocycles. The van der Waals surface area contributed by atoms with Crippen LogP contribution in [0, 0.1) is 12.8 Å². The monoisotopic (exact) mass is 278 g/mol. The molecular formula is C13H18N4OS. The molecule has 3 heterocycles. The van der Waals surface area contributed by atoms with Crippen LogP contribution in [-0.2, 0) is 4.79 Å². The topological polar surface area (TPSA) is 49.3 Å². The number of thioether (sulfide) groups is 1. The minimum atomic E-state index is 0.132. The highest BCUT2D eigenvalue weighted by molar-refractivity contribution is 7.99. The summed E-state index contributed by atoms with van der Waals surface area (Å²) < 4.78 is 0. The van der Waals surface area contributed by atoms with Crippen LogP contribution >= 0.6 is 11.8 Å². The smallest absolute Gasteiger partial charge is 0.229 e. The summed E-state index contributed by atoms with van der Waals surface area (Å²) in [5.74, 6) is 3.33. The SMILES string of the molecule is Cc1ccnc(N2CC(C(=O)N3CCSCC3)C2)n1. The highest BCUT2D eigenvalue weighted by Gasteiger charge is 2.36. The van der Waals surface area contributed by atoms with Gasteiger partial charge in [-0.2, -0.15) is 11.8 Å². The summed E-state index contributed by atoms with van der Waals surface area (Å²) in [5, 5.41) is 0. The average molecular weight is 278 g/mol. The second-order valence-electron chi connectivity index (χ2n) is 5.04. The molecule has 0 unspecified atom stereocenters. The minimum absolute atomic E-state index is 0.132. The summed E-state index contributed by atoms with van der Waals surface area (Å²) in [6, 6.07) is 1.89. The molecule has 0 aromatic carbocycles. The molecule has 0 radical (unpaired) electrons. The van der Waals surface area contributed by atoms with Gasteiger partial charge in [0, 0.05) is 49.6 Å². The summed E-state index contributed by atoms with van der Waals surface area (Å²) in [6.45, 7) is 5.28. The lowest BCUT2D eigenvalue weighted by atomic mass is 9.99. The minimum Gasteiger partial charge on any atom is -0.341 e. The predicted octanol–water partition coefficient (Wildman–Crippen LogP) is 0.797. The fourth-order valence-corrected chi connectivity index (χ4v) is 3.33. The quantitative estimate of drug-likeness (QED) is 0.801. The Hall–Kier alpha value is -1.30. The lowest BCUT2D eigenvalue weighted by molar-refractivity contribution is -0.135. The number of carbonyl (C=O) groups is 1. The number of hydrogen-bond donors (Lipinski definition) is 0. The summed E-state index contributed by atoms with van der Waals surface area (Å²) in [6.07, 6.45) is 1.77. The van der Waals surface area contributed by atoms with Crippen molar-refractivity contribution in [2.45, 2.75) is 6.92 Å². The van der Waals surface area contributed by atoms with E-state index in [1.165, 1.54) is 0 Å². The summed E-state index contributed by atoms with van der Waals surface area (Å²) in [5.41, 5.74) is 0.966. The normalized spacial score (nSPS) is 20.3. The Labute approximate surface area is 117 Å². The van der Waals surface area contributed by atoms with Gasteiger partial charge in [0.15, 0.2) is 0 Å². The molecule has 2 saturated heterocycles. The molecule has 2 aliphatic rings. The lowest BCUT2D eigenvalue weighted by Gasteiger charge is -2.41. The molecule has 2 aliphatic heterocycles. The maximum Gasteiger partial charge on any atom is 0.229 e. The Morgan fingerprint density at radius 2 is 2.11 bits per heavy atom. The predicted molar refractivity (Wildman–Crippen MR) is 76.4 cm³/mol. The van der Waals surface area contributed by atoms with Crippen molar-refractivity contribution in [2.75, 3.05) is 42.6 Å². The van der Waals surface area contributed by atoms with Crippen LogP contribution in [0.2, 0.25) is 0 Å². The molecule has 1 aromatic heterocycles. The first-order valence-corrected chi connectivity index (χ1v) is 7.80. The van der Waals surface area contributed by atoms with Crippen LogP contribution in [0.15, 0.2) is 12.3 Å². The molecule has 2 fully saturated rings. The van der Waals surface area contributed by atoms with E-state index in [0.717, 1.165) is 49.3 Å². The molecule has 1 aromatic rings. The zero-order valence-electron chi connectivity index (χ0n) is 11.1. The number of aryl methyl sites for hydroxylation is 1. The first-order valence-electron chi connectivity index (χ1n) is 6.65. The van der Waals surface area contributed by atoms with Gasteiger partial charge in [0.1, 0.15) is 0 Å². The van der Waals surface area contributed by atoms with Crippen molar-refractivity contribution in [3.05, 3.63) is 18.0 Å². The molecule has 6 heteroatoms. The number of carbonyl (C=O) groups excluding carboxylic acids is 1. The largest absolute Gasteiger partial charge is 0.341 e. The van der Waals surface area contributed by atoms with Crippen LogP contribution in [0.5, 0.6) is 0 Å². The summed E-state index contributed by atoms with van der Waals surface area (Å²) >= 11 is 1.93. The van der Waals surface area contributed by atoms with Crippen molar-refractivity contribution in [3.63, 3.8) is 0 Å². The van der Waals surface area contributed by atoms with E-state index in [1.807, 2.05) is 29.7 Å². The summed E-state index contributed by atoms with van der Waals surface area (Å²) in [4.78, 5) is 25.0. The van der Waals surface area contributed by atoms with E-state index in [1.54, 1.807) is 6.20 Å². The van der Waals surface area contributed by atoms with E-state index in [4.69, 9.17) is 0 Å². The number of hydrogen-bond acceptors (Lipinski definition) is 5. The molecule has 3 rings (SSSR count). The van der Waals surface area contributed by atoms with Gasteiger partial charge in [-0.1, -0.05) is 0 Å². The molecule has 1 amide bonds. The van der Waals surface area contributed by atoms with E-state index < -0.39 is 0 Å². The number of nitrogens with zero attached hydrogens (tertiary/aromatic N) is 4. The van der Waals surface area contributed by atoms with Crippen LogP contribution in [0.25, 0.3) is 0 Å². The van der Waals surface area contributed by atoms with Gasteiger partial charge in [-0.15, -0.1) is 0 Å². The van der Waals surface area contributed by atoms with Crippen molar-refractivity contribution in [1.82, 2.24) is 14.9 Å². The summed E-state index contributed by atoms with van der Waals surface area (Å²) in [7, 11) is 0. The zero-order valence-corrected chi connectivity index (χ0v) is 11.9. The van der Waals surface area contributed by atoms with Crippen molar-refractivity contribution in [1.29, 1.82) is 0 Å². The fourth-order valence-electron chi connectivity index (χ4n) is 2.43. The fraction of sp³-hybridized carbons (Fsp3) is 0.615. The molecular weight excluding hydrogens is 260 g/mol. The van der Waals surface area contributed by atoms with Gasteiger partial charge in [-0.05, 0) is 13.0 Å². The Balaban J connectivity index is 1.56. The van der Waals surface area contributed by atoms with Gasteiger partial charge in [0.05, 0.1) is 5.92 Å². The third-order valence-corrected chi connectivity index (χ3v) is 4.56. The second kappa shape index (κ2) is 5.36. The Bertz CT molecular complexity index is 469. The molecule has 0 N–H and O–H groups in total. The number of amides is 1. The third kappa shape index (κ3) is 2.68.